The summed E-state index contributed by atoms with van der Waals surface area (Å²) in [6.45, 7) is 3.35. The lowest BCUT2D eigenvalue weighted by Crippen LogP contribution is -2.26. The molecule has 0 radical (unpaired) electrons. The highest BCUT2D eigenvalue weighted by molar-refractivity contribution is 9.10. The molecule has 0 heterocycles. The second-order valence-electron chi connectivity index (χ2n) is 7.08. The van der Waals surface area contributed by atoms with Crippen LogP contribution in [0, 0.1) is 0 Å². The van der Waals surface area contributed by atoms with Crippen molar-refractivity contribution in [3.05, 3.63) is 97.9 Å². The van der Waals surface area contributed by atoms with Gasteiger partial charge in [0.25, 0.3) is 0 Å². The molecule has 0 aliphatic carbocycles. The van der Waals surface area contributed by atoms with Crippen molar-refractivity contribution in [2.45, 2.75) is 39.0 Å². The molecule has 1 N–H and O–H groups in total. The molecule has 5 heteroatoms. The van der Waals surface area contributed by atoms with E-state index in [0.29, 0.717) is 22.7 Å². The van der Waals surface area contributed by atoms with Crippen molar-refractivity contribution in [3.63, 3.8) is 0 Å². The molecule has 3 rings (SSSR count). The molecule has 3 aromatic carbocycles. The lowest BCUT2D eigenvalue weighted by atomic mass is 10.1. The van der Waals surface area contributed by atoms with E-state index in [9.17, 15) is 0 Å². The van der Waals surface area contributed by atoms with Gasteiger partial charge >= 0.3 is 0 Å². The number of aryl methyl sites for hydroxylation is 1. The molecule has 0 amide bonds. The molecule has 0 aliphatic rings. The minimum atomic E-state index is 0.396. The van der Waals surface area contributed by atoms with Gasteiger partial charge in [0.15, 0.2) is 0 Å². The maximum absolute atomic E-state index is 6.26. The number of benzene rings is 3. The van der Waals surface area contributed by atoms with E-state index in [1.165, 1.54) is 5.56 Å². The molecule has 0 saturated heterocycles. The monoisotopic (exact) mass is 491 g/mol. The van der Waals surface area contributed by atoms with Crippen LogP contribution in [0.2, 0.25) is 10.0 Å². The van der Waals surface area contributed by atoms with Gasteiger partial charge in [0.1, 0.15) is 12.4 Å². The normalized spacial score (nSPS) is 12.0. The summed E-state index contributed by atoms with van der Waals surface area (Å²) in [7, 11) is 0. The predicted molar refractivity (Wildman–Crippen MR) is 126 cm³/mol. The summed E-state index contributed by atoms with van der Waals surface area (Å²) in [5.41, 5.74) is 3.39. The molecule has 0 fully saturated rings. The van der Waals surface area contributed by atoms with Gasteiger partial charge in [-0.05, 0) is 55.7 Å². The van der Waals surface area contributed by atoms with Crippen molar-refractivity contribution >= 4 is 39.1 Å². The lowest BCUT2D eigenvalue weighted by molar-refractivity contribution is 0.301. The highest BCUT2D eigenvalue weighted by Gasteiger charge is 2.09. The molecule has 0 aromatic heterocycles. The van der Waals surface area contributed by atoms with Gasteiger partial charge in [-0.1, -0.05) is 75.5 Å². The van der Waals surface area contributed by atoms with Crippen LogP contribution in [-0.4, -0.2) is 6.04 Å². The summed E-state index contributed by atoms with van der Waals surface area (Å²) in [6.07, 6.45) is 2.14. The molecule has 0 spiro atoms. The van der Waals surface area contributed by atoms with Gasteiger partial charge in [0, 0.05) is 38.2 Å². The Morgan fingerprint density at radius 2 is 1.76 bits per heavy atom. The van der Waals surface area contributed by atoms with E-state index >= 15 is 0 Å². The second kappa shape index (κ2) is 11.0. The molecule has 1 atom stereocenters. The van der Waals surface area contributed by atoms with Gasteiger partial charge < -0.3 is 10.1 Å². The van der Waals surface area contributed by atoms with Crippen LogP contribution >= 0.6 is 39.1 Å². The van der Waals surface area contributed by atoms with Crippen molar-refractivity contribution in [2.75, 3.05) is 0 Å². The van der Waals surface area contributed by atoms with Gasteiger partial charge in [0.05, 0.1) is 0 Å². The fourth-order valence-corrected chi connectivity index (χ4v) is 3.91. The molecule has 2 nitrogen and oxygen atoms in total. The fourth-order valence-electron chi connectivity index (χ4n) is 3.04. The summed E-state index contributed by atoms with van der Waals surface area (Å²) in [5, 5.41) is 4.85. The Bertz CT molecular complexity index is 933. The largest absolute Gasteiger partial charge is 0.489 e. The molecule has 0 aliphatic heterocycles. The van der Waals surface area contributed by atoms with E-state index in [1.54, 1.807) is 6.07 Å². The van der Waals surface area contributed by atoms with Gasteiger partial charge in [-0.15, -0.1) is 0 Å². The van der Waals surface area contributed by atoms with Crippen molar-refractivity contribution in [1.82, 2.24) is 5.32 Å². The van der Waals surface area contributed by atoms with E-state index in [1.807, 2.05) is 24.3 Å². The second-order valence-corrected chi connectivity index (χ2v) is 8.84. The topological polar surface area (TPSA) is 21.3 Å². The zero-order valence-corrected chi connectivity index (χ0v) is 19.4. The number of hydrogen-bond acceptors (Lipinski definition) is 2. The van der Waals surface area contributed by atoms with Crippen LogP contribution < -0.4 is 10.1 Å². The Morgan fingerprint density at radius 1 is 0.966 bits per heavy atom. The number of halogens is 3. The first-order valence-corrected chi connectivity index (χ1v) is 11.2. The van der Waals surface area contributed by atoms with Crippen molar-refractivity contribution in [3.8, 4) is 5.75 Å². The third-order valence-corrected chi connectivity index (χ3v) is 5.85. The van der Waals surface area contributed by atoms with Crippen LogP contribution in [0.1, 0.15) is 30.0 Å². The summed E-state index contributed by atoms with van der Waals surface area (Å²) in [6, 6.07) is 22.5. The SMILES string of the molecule is C[C@@H](CCc1ccccc1)NCc1cc(Br)ccc1OCc1ccc(Cl)cc1Cl. The number of hydrogen-bond donors (Lipinski definition) is 1. The zero-order chi connectivity index (χ0) is 20.6. The molecule has 3 aromatic rings. The molecule has 29 heavy (non-hydrogen) atoms. The Balaban J connectivity index is 1.58. The minimum Gasteiger partial charge on any atom is -0.489 e. The Kier molecular flexibility index (Phi) is 8.43. The number of nitrogens with one attached hydrogen (secondary N) is 1. The Labute approximate surface area is 191 Å². The van der Waals surface area contributed by atoms with Gasteiger partial charge in [-0.2, -0.15) is 0 Å². The minimum absolute atomic E-state index is 0.396. The summed E-state index contributed by atoms with van der Waals surface area (Å²) in [5.74, 6) is 0.849. The van der Waals surface area contributed by atoms with Gasteiger partial charge in [-0.25, -0.2) is 0 Å². The van der Waals surface area contributed by atoms with Crippen LogP contribution in [0.4, 0.5) is 0 Å². The smallest absolute Gasteiger partial charge is 0.124 e. The summed E-state index contributed by atoms with van der Waals surface area (Å²) < 4.78 is 7.10. The van der Waals surface area contributed by atoms with Crippen LogP contribution in [0.15, 0.2) is 71.2 Å². The fraction of sp³-hybridized carbons (Fsp3) is 0.250. The van der Waals surface area contributed by atoms with Gasteiger partial charge in [-0.3, -0.25) is 0 Å². The molecule has 0 bridgehead atoms. The van der Waals surface area contributed by atoms with Crippen LogP contribution in [0.25, 0.3) is 0 Å². The highest BCUT2D eigenvalue weighted by atomic mass is 79.9. The van der Waals surface area contributed by atoms with Crippen molar-refractivity contribution < 1.29 is 4.74 Å². The molecular weight excluding hydrogens is 469 g/mol. The highest BCUT2D eigenvalue weighted by Crippen LogP contribution is 2.27. The maximum atomic E-state index is 6.26. The van der Waals surface area contributed by atoms with Crippen molar-refractivity contribution in [1.29, 1.82) is 0 Å². The first kappa shape index (κ1) is 22.2. The third kappa shape index (κ3) is 7.04. The molecular formula is C24H24BrCl2NO. The Hall–Kier alpha value is -1.52. The van der Waals surface area contributed by atoms with Crippen LogP contribution in [-0.2, 0) is 19.6 Å². The van der Waals surface area contributed by atoms with E-state index < -0.39 is 0 Å². The van der Waals surface area contributed by atoms with E-state index in [-0.39, 0.29) is 0 Å². The first-order valence-electron chi connectivity index (χ1n) is 9.63. The quantitative estimate of drug-likeness (QED) is 0.335. The first-order chi connectivity index (χ1) is 14.0. The van der Waals surface area contributed by atoms with E-state index in [4.69, 9.17) is 27.9 Å². The number of rotatable bonds is 9. The molecule has 152 valence electrons. The molecule has 0 unspecified atom stereocenters. The van der Waals surface area contributed by atoms with E-state index in [2.05, 4.69) is 64.6 Å². The average Bonchev–Trinajstić information content (AvgIpc) is 2.72. The van der Waals surface area contributed by atoms with E-state index in [0.717, 1.165) is 40.7 Å². The van der Waals surface area contributed by atoms with Crippen molar-refractivity contribution in [2.24, 2.45) is 0 Å². The molecule has 0 saturated carbocycles. The van der Waals surface area contributed by atoms with Crippen LogP contribution in [0.5, 0.6) is 5.75 Å². The maximum Gasteiger partial charge on any atom is 0.124 e. The number of ether oxygens (including phenoxy) is 1. The summed E-state index contributed by atoms with van der Waals surface area (Å²) in [4.78, 5) is 0. The predicted octanol–water partition coefficient (Wildman–Crippen LogP) is 7.45. The average molecular weight is 493 g/mol. The summed E-state index contributed by atoms with van der Waals surface area (Å²) >= 11 is 15.8. The van der Waals surface area contributed by atoms with Crippen LogP contribution in [0.3, 0.4) is 0 Å². The zero-order valence-electron chi connectivity index (χ0n) is 16.3. The van der Waals surface area contributed by atoms with Gasteiger partial charge in [0.2, 0.25) is 0 Å². The third-order valence-electron chi connectivity index (χ3n) is 4.77. The lowest BCUT2D eigenvalue weighted by Gasteiger charge is -2.17. The Morgan fingerprint density at radius 3 is 2.52 bits per heavy atom. The standard InChI is InChI=1S/C24H24BrCl2NO/c1-17(7-8-18-5-3-2-4-6-18)28-15-20-13-21(25)10-12-24(20)29-16-19-9-11-22(26)14-23(19)27/h2-6,9-14,17,28H,7-8,15-16H2,1H3/t17-/m0/s1.